The Hall–Kier alpha value is -2.54. The second-order valence-corrected chi connectivity index (χ2v) is 6.09. The lowest BCUT2D eigenvalue weighted by atomic mass is 10.2. The van der Waals surface area contributed by atoms with Crippen molar-refractivity contribution in [3.8, 4) is 5.75 Å². The van der Waals surface area contributed by atoms with Crippen molar-refractivity contribution in [1.29, 1.82) is 0 Å². The van der Waals surface area contributed by atoms with Crippen molar-refractivity contribution < 1.29 is 9.53 Å². The second-order valence-electron chi connectivity index (χ2n) is 5.31. The van der Waals surface area contributed by atoms with Crippen LogP contribution in [0.15, 0.2) is 46.1 Å². The molecule has 2 aromatic rings. The van der Waals surface area contributed by atoms with E-state index in [4.69, 9.17) is 4.74 Å². The number of rotatable bonds is 8. The minimum atomic E-state index is -0.0862. The zero-order chi connectivity index (χ0) is 17.9. The fourth-order valence-electron chi connectivity index (χ4n) is 2.07. The number of hydrogen-bond donors (Lipinski definition) is 3. The van der Waals surface area contributed by atoms with Crippen molar-refractivity contribution in [2.24, 2.45) is 4.99 Å². The van der Waals surface area contributed by atoms with Crippen molar-refractivity contribution in [2.75, 3.05) is 20.2 Å². The van der Waals surface area contributed by atoms with E-state index < -0.39 is 0 Å². The number of aliphatic imine (C=N–C) groups is 1. The van der Waals surface area contributed by atoms with Crippen LogP contribution in [0.4, 0.5) is 0 Å². The molecule has 0 unspecified atom stereocenters. The third kappa shape index (κ3) is 6.84. The number of thiophene rings is 1. The van der Waals surface area contributed by atoms with Gasteiger partial charge in [0.15, 0.2) is 5.96 Å². The van der Waals surface area contributed by atoms with E-state index in [9.17, 15) is 4.79 Å². The molecule has 0 atom stereocenters. The van der Waals surface area contributed by atoms with Gasteiger partial charge < -0.3 is 20.7 Å². The summed E-state index contributed by atoms with van der Waals surface area (Å²) in [5.74, 6) is 1.35. The quantitative estimate of drug-likeness (QED) is 0.498. The Morgan fingerprint density at radius 3 is 2.56 bits per heavy atom. The SMILES string of the molecule is CCNC(=NCc1ccsc1)NCC(=O)NCc1ccc(OC)cc1. The summed E-state index contributed by atoms with van der Waals surface area (Å²) in [6.45, 7) is 3.97. The first-order valence-electron chi connectivity index (χ1n) is 8.14. The number of hydrogen-bond acceptors (Lipinski definition) is 4. The van der Waals surface area contributed by atoms with E-state index in [1.165, 1.54) is 0 Å². The molecular formula is C18H24N4O2S. The van der Waals surface area contributed by atoms with Crippen molar-refractivity contribution in [2.45, 2.75) is 20.0 Å². The number of carbonyl (C=O) groups excluding carboxylic acids is 1. The number of ether oxygens (including phenoxy) is 1. The molecule has 0 radical (unpaired) electrons. The Morgan fingerprint density at radius 1 is 1.12 bits per heavy atom. The molecule has 3 N–H and O–H groups in total. The Bertz CT molecular complexity index is 669. The third-order valence-electron chi connectivity index (χ3n) is 3.41. The predicted octanol–water partition coefficient (Wildman–Crippen LogP) is 2.13. The molecule has 0 saturated heterocycles. The highest BCUT2D eigenvalue weighted by Gasteiger charge is 2.04. The van der Waals surface area contributed by atoms with Gasteiger partial charge in [-0.15, -0.1) is 0 Å². The van der Waals surface area contributed by atoms with Crippen molar-refractivity contribution in [3.05, 3.63) is 52.2 Å². The summed E-state index contributed by atoms with van der Waals surface area (Å²) in [6, 6.07) is 9.65. The maximum Gasteiger partial charge on any atom is 0.239 e. The van der Waals surface area contributed by atoms with Crippen molar-refractivity contribution in [1.82, 2.24) is 16.0 Å². The first kappa shape index (κ1) is 18.8. The average Bonchev–Trinajstić information content (AvgIpc) is 3.16. The average molecular weight is 360 g/mol. The van der Waals surface area contributed by atoms with Crippen LogP contribution in [0.1, 0.15) is 18.1 Å². The zero-order valence-electron chi connectivity index (χ0n) is 14.5. The number of benzene rings is 1. The Morgan fingerprint density at radius 2 is 1.92 bits per heavy atom. The van der Waals surface area contributed by atoms with Crippen LogP contribution in [0.25, 0.3) is 0 Å². The Balaban J connectivity index is 1.76. The summed E-state index contributed by atoms with van der Waals surface area (Å²) in [6.07, 6.45) is 0. The van der Waals surface area contributed by atoms with Crippen LogP contribution in [-0.2, 0) is 17.9 Å². The maximum absolute atomic E-state index is 12.0. The molecule has 0 spiro atoms. The minimum Gasteiger partial charge on any atom is -0.497 e. The summed E-state index contributed by atoms with van der Waals surface area (Å²) in [7, 11) is 1.63. The van der Waals surface area contributed by atoms with E-state index in [0.717, 1.165) is 23.4 Å². The normalized spacial score (nSPS) is 11.0. The highest BCUT2D eigenvalue weighted by molar-refractivity contribution is 7.07. The van der Waals surface area contributed by atoms with Gasteiger partial charge in [-0.1, -0.05) is 12.1 Å². The van der Waals surface area contributed by atoms with Gasteiger partial charge >= 0.3 is 0 Å². The molecular weight excluding hydrogens is 336 g/mol. The van der Waals surface area contributed by atoms with E-state index in [1.807, 2.05) is 42.6 Å². The van der Waals surface area contributed by atoms with Crippen LogP contribution >= 0.6 is 11.3 Å². The van der Waals surface area contributed by atoms with E-state index in [0.29, 0.717) is 19.0 Å². The van der Waals surface area contributed by atoms with Gasteiger partial charge in [-0.2, -0.15) is 11.3 Å². The summed E-state index contributed by atoms with van der Waals surface area (Å²) in [5.41, 5.74) is 2.18. The summed E-state index contributed by atoms with van der Waals surface area (Å²) < 4.78 is 5.12. The second kappa shape index (κ2) is 10.4. The first-order chi connectivity index (χ1) is 12.2. The number of carbonyl (C=O) groups is 1. The van der Waals surface area contributed by atoms with Crippen LogP contribution in [0.5, 0.6) is 5.75 Å². The van der Waals surface area contributed by atoms with Crippen LogP contribution in [-0.4, -0.2) is 32.1 Å². The van der Waals surface area contributed by atoms with E-state index in [1.54, 1.807) is 18.4 Å². The minimum absolute atomic E-state index is 0.0862. The van der Waals surface area contributed by atoms with Crippen LogP contribution < -0.4 is 20.7 Å². The fourth-order valence-corrected chi connectivity index (χ4v) is 2.73. The molecule has 6 nitrogen and oxygen atoms in total. The summed E-state index contributed by atoms with van der Waals surface area (Å²) in [4.78, 5) is 16.5. The van der Waals surface area contributed by atoms with Crippen LogP contribution in [0.3, 0.4) is 0 Å². The molecule has 1 amide bonds. The molecule has 25 heavy (non-hydrogen) atoms. The lowest BCUT2D eigenvalue weighted by Gasteiger charge is -2.11. The third-order valence-corrected chi connectivity index (χ3v) is 4.14. The van der Waals surface area contributed by atoms with Gasteiger partial charge in [0.1, 0.15) is 5.75 Å². The maximum atomic E-state index is 12.0. The molecule has 1 aromatic heterocycles. The number of nitrogens with zero attached hydrogens (tertiary/aromatic N) is 1. The van der Waals surface area contributed by atoms with Gasteiger partial charge in [0, 0.05) is 13.1 Å². The monoisotopic (exact) mass is 360 g/mol. The van der Waals surface area contributed by atoms with Gasteiger partial charge in [0.25, 0.3) is 0 Å². The zero-order valence-corrected chi connectivity index (χ0v) is 15.4. The van der Waals surface area contributed by atoms with Gasteiger partial charge in [-0.3, -0.25) is 4.79 Å². The standard InChI is InChI=1S/C18H24N4O2S/c1-3-19-18(21-11-15-8-9-25-13-15)22-12-17(23)20-10-14-4-6-16(24-2)7-5-14/h4-9,13H,3,10-12H2,1-2H3,(H,20,23)(H2,19,21,22). The lowest BCUT2D eigenvalue weighted by molar-refractivity contribution is -0.120. The molecule has 7 heteroatoms. The molecule has 1 heterocycles. The predicted molar refractivity (Wildman–Crippen MR) is 102 cm³/mol. The molecule has 0 bridgehead atoms. The van der Waals surface area contributed by atoms with Gasteiger partial charge in [-0.05, 0) is 47.0 Å². The van der Waals surface area contributed by atoms with Gasteiger partial charge in [0.05, 0.1) is 20.2 Å². The highest BCUT2D eigenvalue weighted by atomic mass is 32.1. The van der Waals surface area contributed by atoms with Gasteiger partial charge in [-0.25, -0.2) is 4.99 Å². The Labute approximate surface area is 152 Å². The van der Waals surface area contributed by atoms with E-state index in [-0.39, 0.29) is 12.5 Å². The number of nitrogens with one attached hydrogen (secondary N) is 3. The van der Waals surface area contributed by atoms with Gasteiger partial charge in [0.2, 0.25) is 5.91 Å². The van der Waals surface area contributed by atoms with Crippen LogP contribution in [0.2, 0.25) is 0 Å². The molecule has 0 saturated carbocycles. The fraction of sp³-hybridized carbons (Fsp3) is 0.333. The lowest BCUT2D eigenvalue weighted by Crippen LogP contribution is -2.43. The molecule has 1 aromatic carbocycles. The molecule has 0 aliphatic rings. The van der Waals surface area contributed by atoms with Crippen LogP contribution in [0, 0.1) is 0 Å². The molecule has 0 aliphatic carbocycles. The molecule has 0 aliphatic heterocycles. The molecule has 0 fully saturated rings. The number of amides is 1. The Kier molecular flexibility index (Phi) is 7.78. The number of methoxy groups -OCH3 is 1. The molecule has 134 valence electrons. The summed E-state index contributed by atoms with van der Waals surface area (Å²) in [5, 5.41) is 13.2. The smallest absolute Gasteiger partial charge is 0.239 e. The topological polar surface area (TPSA) is 74.8 Å². The van der Waals surface area contributed by atoms with Crippen molar-refractivity contribution in [3.63, 3.8) is 0 Å². The van der Waals surface area contributed by atoms with E-state index in [2.05, 4.69) is 26.3 Å². The molecule has 2 rings (SSSR count). The highest BCUT2D eigenvalue weighted by Crippen LogP contribution is 2.10. The largest absolute Gasteiger partial charge is 0.497 e. The number of guanidine groups is 1. The van der Waals surface area contributed by atoms with Crippen molar-refractivity contribution >= 4 is 23.2 Å². The first-order valence-corrected chi connectivity index (χ1v) is 9.08. The summed E-state index contributed by atoms with van der Waals surface area (Å²) >= 11 is 1.65. The van der Waals surface area contributed by atoms with E-state index >= 15 is 0 Å².